The third-order valence-corrected chi connectivity index (χ3v) is 5.25. The summed E-state index contributed by atoms with van der Waals surface area (Å²) in [4.78, 5) is 31.8. The summed E-state index contributed by atoms with van der Waals surface area (Å²) in [5, 5.41) is 0. The zero-order valence-corrected chi connectivity index (χ0v) is 15.3. The SMILES string of the molecule is O=C(CC1(c2ccc(C(F)(F)F)cc2)CC1)c1cc(=O)[nH]c(-c2ccccc2)n1. The molecule has 1 saturated carbocycles. The maximum Gasteiger partial charge on any atom is 0.416 e. The molecule has 1 aromatic heterocycles. The van der Waals surface area contributed by atoms with Crippen LogP contribution in [0.3, 0.4) is 0 Å². The number of aromatic nitrogens is 2. The second-order valence-electron chi connectivity index (χ2n) is 7.30. The molecule has 1 heterocycles. The fraction of sp³-hybridized carbons (Fsp3) is 0.227. The van der Waals surface area contributed by atoms with E-state index in [-0.39, 0.29) is 17.9 Å². The van der Waals surface area contributed by atoms with Gasteiger partial charge >= 0.3 is 6.18 Å². The minimum Gasteiger partial charge on any atom is -0.306 e. The van der Waals surface area contributed by atoms with E-state index in [0.717, 1.165) is 18.2 Å². The van der Waals surface area contributed by atoms with Gasteiger partial charge in [-0.15, -0.1) is 0 Å². The first-order chi connectivity index (χ1) is 13.8. The fourth-order valence-corrected chi connectivity index (χ4v) is 3.46. The monoisotopic (exact) mass is 398 g/mol. The molecule has 4 rings (SSSR count). The van der Waals surface area contributed by atoms with Crippen LogP contribution >= 0.6 is 0 Å². The van der Waals surface area contributed by atoms with Crippen LogP contribution in [0.1, 0.15) is 40.9 Å². The predicted molar refractivity (Wildman–Crippen MR) is 102 cm³/mol. The van der Waals surface area contributed by atoms with E-state index in [2.05, 4.69) is 9.97 Å². The topological polar surface area (TPSA) is 62.8 Å². The number of rotatable bonds is 5. The average Bonchev–Trinajstić information content (AvgIpc) is 3.48. The molecule has 1 aliphatic carbocycles. The van der Waals surface area contributed by atoms with Gasteiger partial charge in [-0.2, -0.15) is 13.2 Å². The molecule has 3 aromatic rings. The van der Waals surface area contributed by atoms with Gasteiger partial charge in [-0.25, -0.2) is 4.98 Å². The number of H-pyrrole nitrogens is 1. The Hall–Kier alpha value is -3.22. The van der Waals surface area contributed by atoms with Crippen LogP contribution in [-0.4, -0.2) is 15.8 Å². The smallest absolute Gasteiger partial charge is 0.306 e. The maximum absolute atomic E-state index is 12.8. The van der Waals surface area contributed by atoms with E-state index < -0.39 is 22.7 Å². The van der Waals surface area contributed by atoms with E-state index >= 15 is 0 Å². The number of hydrogen-bond donors (Lipinski definition) is 1. The van der Waals surface area contributed by atoms with Crippen LogP contribution in [0.5, 0.6) is 0 Å². The first-order valence-electron chi connectivity index (χ1n) is 9.15. The largest absolute Gasteiger partial charge is 0.416 e. The van der Waals surface area contributed by atoms with Crippen LogP contribution in [0.25, 0.3) is 11.4 Å². The quantitative estimate of drug-likeness (QED) is 0.631. The lowest BCUT2D eigenvalue weighted by atomic mass is 9.89. The molecule has 0 bridgehead atoms. The minimum atomic E-state index is -4.39. The van der Waals surface area contributed by atoms with Crippen molar-refractivity contribution in [2.24, 2.45) is 0 Å². The predicted octanol–water partition coefficient (Wildman–Crippen LogP) is 4.76. The second-order valence-corrected chi connectivity index (χ2v) is 7.30. The first kappa shape index (κ1) is 19.1. The van der Waals surface area contributed by atoms with Crippen molar-refractivity contribution in [1.82, 2.24) is 9.97 Å². The molecule has 0 amide bonds. The average molecular weight is 398 g/mol. The molecule has 7 heteroatoms. The normalized spacial score (nSPS) is 15.1. The zero-order chi connectivity index (χ0) is 20.6. The van der Waals surface area contributed by atoms with Crippen LogP contribution in [0, 0.1) is 0 Å². The van der Waals surface area contributed by atoms with Gasteiger partial charge in [0.2, 0.25) is 0 Å². The van der Waals surface area contributed by atoms with Crippen molar-refractivity contribution < 1.29 is 18.0 Å². The lowest BCUT2D eigenvalue weighted by Gasteiger charge is -2.16. The van der Waals surface area contributed by atoms with Gasteiger partial charge < -0.3 is 4.98 Å². The van der Waals surface area contributed by atoms with Gasteiger partial charge in [0, 0.05) is 23.5 Å². The molecular formula is C22H17F3N2O2. The van der Waals surface area contributed by atoms with Crippen molar-refractivity contribution in [3.63, 3.8) is 0 Å². The molecule has 1 fully saturated rings. The Morgan fingerprint density at radius 3 is 2.28 bits per heavy atom. The Morgan fingerprint density at radius 2 is 1.69 bits per heavy atom. The molecule has 0 atom stereocenters. The summed E-state index contributed by atoms with van der Waals surface area (Å²) in [6.45, 7) is 0. The number of alkyl halides is 3. The number of nitrogens with zero attached hydrogens (tertiary/aromatic N) is 1. The molecule has 4 nitrogen and oxygen atoms in total. The van der Waals surface area contributed by atoms with Crippen molar-refractivity contribution in [1.29, 1.82) is 0 Å². The molecule has 0 radical (unpaired) electrons. The van der Waals surface area contributed by atoms with Gasteiger partial charge in [0.1, 0.15) is 11.5 Å². The lowest BCUT2D eigenvalue weighted by Crippen LogP contribution is -2.19. The van der Waals surface area contributed by atoms with Crippen molar-refractivity contribution in [2.45, 2.75) is 30.9 Å². The molecule has 1 aliphatic rings. The molecule has 0 aliphatic heterocycles. The van der Waals surface area contributed by atoms with Gasteiger partial charge in [0.15, 0.2) is 5.78 Å². The number of nitrogens with one attached hydrogen (secondary N) is 1. The molecule has 0 saturated heterocycles. The zero-order valence-electron chi connectivity index (χ0n) is 15.3. The number of halogens is 3. The van der Waals surface area contributed by atoms with Crippen molar-refractivity contribution in [3.8, 4) is 11.4 Å². The fourth-order valence-electron chi connectivity index (χ4n) is 3.46. The van der Waals surface area contributed by atoms with Crippen LogP contribution < -0.4 is 5.56 Å². The number of aromatic amines is 1. The van der Waals surface area contributed by atoms with E-state index in [0.29, 0.717) is 29.8 Å². The molecule has 2 aromatic carbocycles. The number of benzene rings is 2. The highest BCUT2D eigenvalue weighted by Gasteiger charge is 2.46. The number of ketones is 1. The molecule has 1 N–H and O–H groups in total. The van der Waals surface area contributed by atoms with E-state index in [4.69, 9.17) is 0 Å². The van der Waals surface area contributed by atoms with Crippen LogP contribution in [0.2, 0.25) is 0 Å². The summed E-state index contributed by atoms with van der Waals surface area (Å²) >= 11 is 0. The van der Waals surface area contributed by atoms with E-state index in [9.17, 15) is 22.8 Å². The van der Waals surface area contributed by atoms with Gasteiger partial charge in [-0.1, -0.05) is 42.5 Å². The van der Waals surface area contributed by atoms with E-state index in [1.165, 1.54) is 12.1 Å². The summed E-state index contributed by atoms with van der Waals surface area (Å²) in [5.41, 5.74) is -0.187. The summed E-state index contributed by atoms with van der Waals surface area (Å²) in [5.74, 6) is 0.00602. The Kier molecular flexibility index (Phi) is 4.61. The Labute approximate surface area is 164 Å². The highest BCUT2D eigenvalue weighted by molar-refractivity contribution is 5.95. The third-order valence-electron chi connectivity index (χ3n) is 5.25. The summed E-state index contributed by atoms with van der Waals surface area (Å²) < 4.78 is 38.4. The molecule has 0 spiro atoms. The van der Waals surface area contributed by atoms with Crippen LogP contribution in [0.4, 0.5) is 13.2 Å². The Balaban J connectivity index is 1.58. The van der Waals surface area contributed by atoms with Crippen molar-refractivity contribution in [3.05, 3.63) is 87.8 Å². The van der Waals surface area contributed by atoms with Crippen molar-refractivity contribution >= 4 is 5.78 Å². The van der Waals surface area contributed by atoms with Crippen LogP contribution in [0.15, 0.2) is 65.5 Å². The number of hydrogen-bond acceptors (Lipinski definition) is 3. The second kappa shape index (κ2) is 6.99. The van der Waals surface area contributed by atoms with Crippen LogP contribution in [-0.2, 0) is 11.6 Å². The molecule has 0 unspecified atom stereocenters. The van der Waals surface area contributed by atoms with E-state index in [1.807, 2.05) is 6.07 Å². The lowest BCUT2D eigenvalue weighted by molar-refractivity contribution is -0.137. The number of carbonyl (C=O) groups is 1. The summed E-state index contributed by atoms with van der Waals surface area (Å²) in [7, 11) is 0. The van der Waals surface area contributed by atoms with Gasteiger partial charge in [-0.05, 0) is 30.5 Å². The van der Waals surface area contributed by atoms with Crippen molar-refractivity contribution in [2.75, 3.05) is 0 Å². The Morgan fingerprint density at radius 1 is 1.03 bits per heavy atom. The Bertz CT molecular complexity index is 1100. The minimum absolute atomic E-state index is 0.0609. The summed E-state index contributed by atoms with van der Waals surface area (Å²) in [6, 6.07) is 15.1. The number of Topliss-reactive ketones (excluding diaryl/α,β-unsaturated/α-hetero) is 1. The van der Waals surface area contributed by atoms with E-state index in [1.54, 1.807) is 24.3 Å². The molecular weight excluding hydrogens is 381 g/mol. The highest BCUT2D eigenvalue weighted by atomic mass is 19.4. The van der Waals surface area contributed by atoms with Gasteiger partial charge in [0.05, 0.1) is 5.56 Å². The maximum atomic E-state index is 12.8. The standard InChI is InChI=1S/C22H17F3N2O2/c23-22(24,25)16-8-6-15(7-9-16)21(10-11-21)13-18(28)17-12-19(29)27-20(26-17)14-4-2-1-3-5-14/h1-9,12H,10-11,13H2,(H,26,27,29). The first-order valence-corrected chi connectivity index (χ1v) is 9.15. The third kappa shape index (κ3) is 3.99. The molecule has 148 valence electrons. The van der Waals surface area contributed by atoms with Gasteiger partial charge in [0.25, 0.3) is 5.56 Å². The summed E-state index contributed by atoms with van der Waals surface area (Å²) in [6.07, 6.45) is -2.88. The molecule has 29 heavy (non-hydrogen) atoms. The highest BCUT2D eigenvalue weighted by Crippen LogP contribution is 2.51. The number of carbonyl (C=O) groups excluding carboxylic acids is 1. The van der Waals surface area contributed by atoms with Gasteiger partial charge in [-0.3, -0.25) is 9.59 Å².